The highest BCUT2D eigenvalue weighted by Gasteiger charge is 2.17. The molecule has 0 unspecified atom stereocenters. The first kappa shape index (κ1) is 18.1. The van der Waals surface area contributed by atoms with Gasteiger partial charge in [0, 0.05) is 36.2 Å². The quantitative estimate of drug-likeness (QED) is 0.447. The molecule has 134 valence electrons. The van der Waals surface area contributed by atoms with Crippen molar-refractivity contribution in [2.45, 2.75) is 24.6 Å². The van der Waals surface area contributed by atoms with Gasteiger partial charge in [0.1, 0.15) is 17.2 Å². The largest absolute Gasteiger partial charge is 0.493 e. The van der Waals surface area contributed by atoms with Crippen LogP contribution in [0.4, 0.5) is 0 Å². The third kappa shape index (κ3) is 4.67. The van der Waals surface area contributed by atoms with Gasteiger partial charge in [0.15, 0.2) is 0 Å². The summed E-state index contributed by atoms with van der Waals surface area (Å²) in [6, 6.07) is 12.2. The van der Waals surface area contributed by atoms with Gasteiger partial charge >= 0.3 is 0 Å². The second-order valence-electron chi connectivity index (χ2n) is 5.93. The molecule has 4 nitrogen and oxygen atoms in total. The summed E-state index contributed by atoms with van der Waals surface area (Å²) < 4.78 is 22.4. The lowest BCUT2D eigenvalue weighted by atomic mass is 10.0. The summed E-state index contributed by atoms with van der Waals surface area (Å²) >= 11 is 3.51. The Morgan fingerprint density at radius 2 is 1.76 bits per heavy atom. The highest BCUT2D eigenvalue weighted by Crippen LogP contribution is 2.41. The predicted octanol–water partition coefficient (Wildman–Crippen LogP) is 5.17. The lowest BCUT2D eigenvalue weighted by Gasteiger charge is -2.11. The number of ether oxygens (including phenoxy) is 4. The van der Waals surface area contributed by atoms with Crippen LogP contribution in [0.1, 0.15) is 24.8 Å². The van der Waals surface area contributed by atoms with Gasteiger partial charge in [-0.2, -0.15) is 0 Å². The number of benzene rings is 2. The minimum Gasteiger partial charge on any atom is -0.493 e. The van der Waals surface area contributed by atoms with E-state index >= 15 is 0 Å². The molecule has 1 heterocycles. The van der Waals surface area contributed by atoms with Gasteiger partial charge in [0.25, 0.3) is 0 Å². The average Bonchev–Trinajstić information content (AvgIpc) is 2.82. The Morgan fingerprint density at radius 1 is 0.920 bits per heavy atom. The normalized spacial score (nSPS) is 12.4. The van der Waals surface area contributed by atoms with E-state index in [-0.39, 0.29) is 6.79 Å². The number of alkyl halides is 1. The minimum atomic E-state index is 0.203. The van der Waals surface area contributed by atoms with E-state index in [2.05, 4.69) is 28.1 Å². The van der Waals surface area contributed by atoms with Crippen LogP contribution in [0.15, 0.2) is 36.4 Å². The fourth-order valence-electron chi connectivity index (χ4n) is 2.80. The van der Waals surface area contributed by atoms with Gasteiger partial charge in [0.2, 0.25) is 6.79 Å². The number of methoxy groups -OCH3 is 1. The molecule has 0 aromatic heterocycles. The Kier molecular flexibility index (Phi) is 6.59. The van der Waals surface area contributed by atoms with Crippen LogP contribution >= 0.6 is 15.9 Å². The molecular weight excluding hydrogens is 384 g/mol. The van der Waals surface area contributed by atoms with Crippen LogP contribution in [0.5, 0.6) is 17.2 Å². The SMILES string of the molecule is COCCCCCOc1ccc2c(c1)OCOc1ccc(CBr)cc1-2. The summed E-state index contributed by atoms with van der Waals surface area (Å²) in [7, 11) is 1.73. The molecule has 1 aliphatic rings. The van der Waals surface area contributed by atoms with E-state index < -0.39 is 0 Å². The number of unbranched alkanes of at least 4 members (excludes halogenated alkanes) is 2. The molecule has 0 radical (unpaired) electrons. The third-order valence-corrected chi connectivity index (χ3v) is 4.78. The van der Waals surface area contributed by atoms with Gasteiger partial charge in [-0.05, 0) is 49.1 Å². The number of rotatable bonds is 8. The molecule has 1 aliphatic heterocycles. The Hall–Kier alpha value is -1.72. The zero-order valence-electron chi connectivity index (χ0n) is 14.4. The Bertz CT molecular complexity index is 702. The van der Waals surface area contributed by atoms with Crippen LogP contribution in [0.25, 0.3) is 11.1 Å². The fourth-order valence-corrected chi connectivity index (χ4v) is 3.15. The van der Waals surface area contributed by atoms with E-state index in [0.29, 0.717) is 6.61 Å². The van der Waals surface area contributed by atoms with E-state index in [1.54, 1.807) is 7.11 Å². The van der Waals surface area contributed by atoms with Crippen molar-refractivity contribution in [3.63, 3.8) is 0 Å². The van der Waals surface area contributed by atoms with E-state index in [9.17, 15) is 0 Å². The van der Waals surface area contributed by atoms with Gasteiger partial charge in [-0.15, -0.1) is 0 Å². The van der Waals surface area contributed by atoms with Gasteiger partial charge in [0.05, 0.1) is 6.61 Å². The van der Waals surface area contributed by atoms with Crippen LogP contribution < -0.4 is 14.2 Å². The van der Waals surface area contributed by atoms with E-state index in [1.165, 1.54) is 5.56 Å². The summed E-state index contributed by atoms with van der Waals surface area (Å²) in [4.78, 5) is 0. The maximum atomic E-state index is 5.86. The molecule has 25 heavy (non-hydrogen) atoms. The molecule has 0 aliphatic carbocycles. The zero-order valence-corrected chi connectivity index (χ0v) is 16.0. The van der Waals surface area contributed by atoms with Crippen molar-refractivity contribution < 1.29 is 18.9 Å². The van der Waals surface area contributed by atoms with Crippen LogP contribution in [0, 0.1) is 0 Å². The zero-order chi connectivity index (χ0) is 17.5. The second-order valence-corrected chi connectivity index (χ2v) is 6.49. The molecular formula is C20H23BrO4. The smallest absolute Gasteiger partial charge is 0.230 e. The summed E-state index contributed by atoms with van der Waals surface area (Å²) in [5.41, 5.74) is 3.28. The summed E-state index contributed by atoms with van der Waals surface area (Å²) in [5, 5.41) is 0.806. The molecule has 2 aromatic rings. The van der Waals surface area contributed by atoms with Crippen molar-refractivity contribution in [2.24, 2.45) is 0 Å². The van der Waals surface area contributed by atoms with Crippen LogP contribution in [-0.2, 0) is 10.1 Å². The molecule has 2 aromatic carbocycles. The number of hydrogen-bond acceptors (Lipinski definition) is 4. The third-order valence-electron chi connectivity index (χ3n) is 4.13. The second kappa shape index (κ2) is 9.11. The first-order valence-electron chi connectivity index (χ1n) is 8.52. The first-order valence-corrected chi connectivity index (χ1v) is 9.64. The van der Waals surface area contributed by atoms with Crippen molar-refractivity contribution in [1.82, 2.24) is 0 Å². The molecule has 0 saturated heterocycles. The Morgan fingerprint density at radius 3 is 2.60 bits per heavy atom. The van der Waals surface area contributed by atoms with Crippen LogP contribution in [-0.4, -0.2) is 27.1 Å². The number of fused-ring (bicyclic) bond motifs is 3. The molecule has 5 heteroatoms. The van der Waals surface area contributed by atoms with E-state index in [0.717, 1.165) is 59.6 Å². The van der Waals surface area contributed by atoms with E-state index in [4.69, 9.17) is 18.9 Å². The summed E-state index contributed by atoms with van der Waals surface area (Å²) in [6.07, 6.45) is 3.19. The van der Waals surface area contributed by atoms with Crippen LogP contribution in [0.2, 0.25) is 0 Å². The summed E-state index contributed by atoms with van der Waals surface area (Å²) in [6.45, 7) is 1.71. The van der Waals surface area contributed by atoms with Crippen molar-refractivity contribution in [3.8, 4) is 28.4 Å². The molecule has 0 fully saturated rings. The molecule has 0 atom stereocenters. The van der Waals surface area contributed by atoms with Gasteiger partial charge in [-0.1, -0.05) is 22.0 Å². The monoisotopic (exact) mass is 406 g/mol. The standard InChI is InChI=1S/C20H23BrO4/c1-22-9-3-2-4-10-23-16-6-7-17-18-11-15(13-21)5-8-19(18)24-14-25-20(17)12-16/h5-8,11-12H,2-4,9-10,13-14H2,1H3. The molecule has 0 amide bonds. The topological polar surface area (TPSA) is 36.9 Å². The Balaban J connectivity index is 1.71. The minimum absolute atomic E-state index is 0.203. The predicted molar refractivity (Wildman–Crippen MR) is 102 cm³/mol. The first-order chi connectivity index (χ1) is 12.3. The molecule has 0 saturated carbocycles. The molecule has 0 bridgehead atoms. The maximum absolute atomic E-state index is 5.86. The van der Waals surface area contributed by atoms with Crippen LogP contribution in [0.3, 0.4) is 0 Å². The van der Waals surface area contributed by atoms with Gasteiger partial charge < -0.3 is 18.9 Å². The fraction of sp³-hybridized carbons (Fsp3) is 0.400. The van der Waals surface area contributed by atoms with Crippen molar-refractivity contribution in [2.75, 3.05) is 27.1 Å². The lowest BCUT2D eigenvalue weighted by Crippen LogP contribution is -2.04. The molecule has 0 N–H and O–H groups in total. The lowest BCUT2D eigenvalue weighted by molar-refractivity contribution is 0.124. The molecule has 3 rings (SSSR count). The van der Waals surface area contributed by atoms with Crippen molar-refractivity contribution in [1.29, 1.82) is 0 Å². The van der Waals surface area contributed by atoms with Crippen molar-refractivity contribution in [3.05, 3.63) is 42.0 Å². The molecule has 0 spiro atoms. The van der Waals surface area contributed by atoms with Gasteiger partial charge in [-0.3, -0.25) is 0 Å². The highest BCUT2D eigenvalue weighted by molar-refractivity contribution is 9.08. The summed E-state index contributed by atoms with van der Waals surface area (Å²) in [5.74, 6) is 2.46. The Labute approximate surface area is 157 Å². The van der Waals surface area contributed by atoms with Gasteiger partial charge in [-0.25, -0.2) is 0 Å². The van der Waals surface area contributed by atoms with E-state index in [1.807, 2.05) is 24.3 Å². The number of halogens is 1. The van der Waals surface area contributed by atoms with Crippen molar-refractivity contribution >= 4 is 15.9 Å². The highest BCUT2D eigenvalue weighted by atomic mass is 79.9. The number of hydrogen-bond donors (Lipinski definition) is 0. The maximum Gasteiger partial charge on any atom is 0.230 e. The average molecular weight is 407 g/mol.